The number of halogens is 2. The number of rotatable bonds is 2. The number of esters is 1. The number of ether oxygens (including phenoxy) is 1. The molecular weight excluding hydrogens is 231 g/mol. The van der Waals surface area contributed by atoms with Gasteiger partial charge >= 0.3 is 5.97 Å². The Morgan fingerprint density at radius 1 is 1.56 bits per heavy atom. The van der Waals surface area contributed by atoms with Gasteiger partial charge in [-0.1, -0.05) is 11.8 Å². The summed E-state index contributed by atoms with van der Waals surface area (Å²) >= 11 is 5.44. The second-order valence-corrected chi connectivity index (χ2v) is 3.30. The van der Waals surface area contributed by atoms with Crippen molar-refractivity contribution in [1.82, 2.24) is 0 Å². The molecule has 0 aliphatic heterocycles. The molecule has 0 heterocycles. The number of methoxy groups -OCH3 is 1. The van der Waals surface area contributed by atoms with Crippen LogP contribution in [-0.4, -0.2) is 19.0 Å². The van der Waals surface area contributed by atoms with E-state index in [4.69, 9.17) is 11.6 Å². The zero-order valence-corrected chi connectivity index (χ0v) is 9.47. The first-order valence-corrected chi connectivity index (χ1v) is 5.15. The molecule has 0 bridgehead atoms. The summed E-state index contributed by atoms with van der Waals surface area (Å²) in [6.45, 7) is 0. The lowest BCUT2D eigenvalue weighted by Gasteiger charge is -2.00. The minimum Gasteiger partial charge on any atom is -0.465 e. The van der Waals surface area contributed by atoms with Crippen LogP contribution < -0.4 is 0 Å². The normalized spacial score (nSPS) is 9.19. The molecule has 0 aliphatic carbocycles. The maximum absolute atomic E-state index is 13.4. The molecule has 0 fully saturated rings. The van der Waals surface area contributed by atoms with Crippen molar-refractivity contribution in [3.63, 3.8) is 0 Å². The second-order valence-electron chi connectivity index (χ2n) is 2.93. The molecule has 0 aliphatic rings. The van der Waals surface area contributed by atoms with Crippen molar-refractivity contribution in [2.24, 2.45) is 0 Å². The van der Waals surface area contributed by atoms with E-state index in [1.54, 1.807) is 0 Å². The third kappa shape index (κ3) is 3.25. The number of hydrogen-bond donors (Lipinski definition) is 0. The van der Waals surface area contributed by atoms with Crippen molar-refractivity contribution in [2.75, 3.05) is 13.0 Å². The molecule has 1 aromatic carbocycles. The largest absolute Gasteiger partial charge is 0.465 e. The molecule has 0 aromatic heterocycles. The molecule has 0 atom stereocenters. The zero-order chi connectivity index (χ0) is 12.0. The zero-order valence-electron chi connectivity index (χ0n) is 8.72. The summed E-state index contributed by atoms with van der Waals surface area (Å²) in [5.74, 6) is 4.66. The van der Waals surface area contributed by atoms with E-state index in [1.807, 2.05) is 0 Å². The molecule has 0 saturated heterocycles. The Kier molecular flexibility index (Phi) is 4.81. The van der Waals surface area contributed by atoms with E-state index >= 15 is 0 Å². The quantitative estimate of drug-likeness (QED) is 0.451. The molecule has 0 spiro atoms. The third-order valence-electron chi connectivity index (χ3n) is 1.83. The van der Waals surface area contributed by atoms with Crippen molar-refractivity contribution in [3.8, 4) is 11.8 Å². The summed E-state index contributed by atoms with van der Waals surface area (Å²) in [7, 11) is 1.24. The summed E-state index contributed by atoms with van der Waals surface area (Å²) in [6, 6.07) is 4.03. The molecule has 4 heteroatoms. The number of benzene rings is 1. The molecule has 16 heavy (non-hydrogen) atoms. The lowest BCUT2D eigenvalue weighted by Crippen LogP contribution is -2.02. The maximum atomic E-state index is 13.4. The molecule has 0 amide bonds. The lowest BCUT2D eigenvalue weighted by atomic mass is 10.1. The molecule has 0 N–H and O–H groups in total. The van der Waals surface area contributed by atoms with Gasteiger partial charge in [0.25, 0.3) is 0 Å². The van der Waals surface area contributed by atoms with Crippen molar-refractivity contribution >= 4 is 17.6 Å². The molecule has 1 rings (SSSR count). The summed E-state index contributed by atoms with van der Waals surface area (Å²) in [5, 5.41) is 0. The fourth-order valence-electron chi connectivity index (χ4n) is 1.07. The van der Waals surface area contributed by atoms with Crippen LogP contribution in [0, 0.1) is 17.7 Å². The van der Waals surface area contributed by atoms with Crippen LogP contribution in [0.5, 0.6) is 0 Å². The van der Waals surface area contributed by atoms with Gasteiger partial charge in [-0.25, -0.2) is 9.18 Å². The van der Waals surface area contributed by atoms with Gasteiger partial charge in [-0.05, 0) is 18.2 Å². The highest BCUT2D eigenvalue weighted by molar-refractivity contribution is 6.18. The van der Waals surface area contributed by atoms with E-state index in [0.717, 1.165) is 6.07 Å². The lowest BCUT2D eigenvalue weighted by molar-refractivity contribution is 0.0600. The first-order valence-electron chi connectivity index (χ1n) is 4.61. The Labute approximate surface area is 98.4 Å². The second kappa shape index (κ2) is 6.14. The Balaban J connectivity index is 2.93. The van der Waals surface area contributed by atoms with Crippen LogP contribution in [0.2, 0.25) is 0 Å². The van der Waals surface area contributed by atoms with Gasteiger partial charge in [-0.2, -0.15) is 0 Å². The van der Waals surface area contributed by atoms with Gasteiger partial charge in [-0.15, -0.1) is 11.6 Å². The van der Waals surface area contributed by atoms with Crippen LogP contribution in [0.4, 0.5) is 4.39 Å². The fourth-order valence-corrected chi connectivity index (χ4v) is 1.16. The van der Waals surface area contributed by atoms with Gasteiger partial charge in [-0.3, -0.25) is 0 Å². The summed E-state index contributed by atoms with van der Waals surface area (Å²) in [5.41, 5.74) is 0.417. The Morgan fingerprint density at radius 2 is 2.31 bits per heavy atom. The van der Waals surface area contributed by atoms with Crippen LogP contribution >= 0.6 is 11.6 Å². The van der Waals surface area contributed by atoms with E-state index < -0.39 is 11.8 Å². The average molecular weight is 241 g/mol. The topological polar surface area (TPSA) is 26.3 Å². The van der Waals surface area contributed by atoms with E-state index in [1.165, 1.54) is 19.2 Å². The van der Waals surface area contributed by atoms with Gasteiger partial charge in [0.05, 0.1) is 18.2 Å². The first-order chi connectivity index (χ1) is 7.69. The van der Waals surface area contributed by atoms with E-state index in [9.17, 15) is 9.18 Å². The molecule has 0 radical (unpaired) electrons. The number of hydrogen-bond acceptors (Lipinski definition) is 2. The highest BCUT2D eigenvalue weighted by Gasteiger charge is 2.08. The Hall–Kier alpha value is -1.53. The Morgan fingerprint density at radius 3 is 2.88 bits per heavy atom. The van der Waals surface area contributed by atoms with Gasteiger partial charge in [0.2, 0.25) is 0 Å². The molecule has 0 unspecified atom stereocenters. The van der Waals surface area contributed by atoms with E-state index in [0.29, 0.717) is 12.3 Å². The fraction of sp³-hybridized carbons (Fsp3) is 0.250. The van der Waals surface area contributed by atoms with Crippen LogP contribution in [0.25, 0.3) is 0 Å². The third-order valence-corrected chi connectivity index (χ3v) is 2.02. The smallest absolute Gasteiger partial charge is 0.337 e. The molecule has 84 valence electrons. The minimum atomic E-state index is -0.570. The summed E-state index contributed by atoms with van der Waals surface area (Å²) < 4.78 is 17.9. The van der Waals surface area contributed by atoms with Crippen molar-refractivity contribution in [1.29, 1.82) is 0 Å². The summed E-state index contributed by atoms with van der Waals surface area (Å²) in [6.07, 6.45) is 0.500. The first kappa shape index (κ1) is 12.5. The van der Waals surface area contributed by atoms with E-state index in [-0.39, 0.29) is 11.1 Å². The highest BCUT2D eigenvalue weighted by atomic mass is 35.5. The molecule has 0 saturated carbocycles. The van der Waals surface area contributed by atoms with Gasteiger partial charge < -0.3 is 4.74 Å². The number of alkyl halides is 1. The van der Waals surface area contributed by atoms with Crippen LogP contribution in [0.1, 0.15) is 22.3 Å². The highest BCUT2D eigenvalue weighted by Crippen LogP contribution is 2.10. The summed E-state index contributed by atoms with van der Waals surface area (Å²) in [4.78, 5) is 11.1. The average Bonchev–Trinajstić information content (AvgIpc) is 2.30. The van der Waals surface area contributed by atoms with Crippen LogP contribution in [0.15, 0.2) is 18.2 Å². The van der Waals surface area contributed by atoms with Crippen molar-refractivity contribution in [3.05, 3.63) is 35.1 Å². The minimum absolute atomic E-state index is 0.169. The van der Waals surface area contributed by atoms with Crippen LogP contribution in [0.3, 0.4) is 0 Å². The number of carbonyl (C=O) groups is 1. The monoisotopic (exact) mass is 240 g/mol. The van der Waals surface area contributed by atoms with E-state index in [2.05, 4.69) is 16.6 Å². The maximum Gasteiger partial charge on any atom is 0.337 e. The molecule has 2 nitrogen and oxygen atoms in total. The molecular formula is C12H10ClFO2. The SMILES string of the molecule is COC(=O)c1ccc(C#CCCCl)c(F)c1. The van der Waals surface area contributed by atoms with Crippen LogP contribution in [-0.2, 0) is 4.74 Å². The van der Waals surface area contributed by atoms with Gasteiger partial charge in [0.15, 0.2) is 0 Å². The standard InChI is InChI=1S/C12H10ClFO2/c1-16-12(15)10-6-5-9(11(14)8-10)4-2-3-7-13/h5-6,8H,3,7H2,1H3. The predicted molar refractivity (Wildman–Crippen MR) is 60.0 cm³/mol. The molecule has 1 aromatic rings. The number of carbonyl (C=O) groups excluding carboxylic acids is 1. The van der Waals surface area contributed by atoms with Crippen molar-refractivity contribution < 1.29 is 13.9 Å². The van der Waals surface area contributed by atoms with Gasteiger partial charge in [0.1, 0.15) is 5.82 Å². The van der Waals surface area contributed by atoms with Gasteiger partial charge in [0, 0.05) is 12.3 Å². The Bertz CT molecular complexity index is 446. The van der Waals surface area contributed by atoms with Crippen molar-refractivity contribution in [2.45, 2.75) is 6.42 Å². The predicted octanol–water partition coefficient (Wildman–Crippen LogP) is 2.59.